The van der Waals surface area contributed by atoms with Gasteiger partial charge in [0.1, 0.15) is 0 Å². The Kier molecular flexibility index (Phi) is 6.35. The average molecular weight is 423 g/mol. The van der Waals surface area contributed by atoms with Gasteiger partial charge in [-0.1, -0.05) is 53.8 Å². The highest BCUT2D eigenvalue weighted by Gasteiger charge is 2.23. The molecule has 0 saturated carbocycles. The highest BCUT2D eigenvalue weighted by molar-refractivity contribution is 7.22. The number of rotatable bonds is 6. The van der Waals surface area contributed by atoms with Crippen molar-refractivity contribution in [2.75, 3.05) is 51.2 Å². The number of hydrogen-bond donors (Lipinski definition) is 0. The van der Waals surface area contributed by atoms with Gasteiger partial charge in [-0.05, 0) is 37.0 Å². The molecule has 1 aromatic heterocycles. The van der Waals surface area contributed by atoms with Crippen molar-refractivity contribution in [3.05, 3.63) is 59.2 Å². The lowest BCUT2D eigenvalue weighted by Gasteiger charge is -2.35. The molecule has 158 valence electrons. The zero-order valence-corrected chi connectivity index (χ0v) is 18.9. The first-order valence-corrected chi connectivity index (χ1v) is 11.4. The normalized spacial score (nSPS) is 15.0. The van der Waals surface area contributed by atoms with E-state index in [2.05, 4.69) is 61.2 Å². The van der Waals surface area contributed by atoms with Gasteiger partial charge in [0.25, 0.3) is 0 Å². The number of piperazine rings is 1. The van der Waals surface area contributed by atoms with Crippen LogP contribution in [0, 0.1) is 13.8 Å². The first-order valence-electron chi connectivity index (χ1n) is 10.6. The Balaban J connectivity index is 1.29. The van der Waals surface area contributed by atoms with Crippen LogP contribution in [0.3, 0.4) is 0 Å². The van der Waals surface area contributed by atoms with Crippen LogP contribution < -0.4 is 4.90 Å². The Morgan fingerprint density at radius 2 is 1.73 bits per heavy atom. The molecular weight excluding hydrogens is 392 g/mol. The quantitative estimate of drug-likeness (QED) is 0.607. The van der Waals surface area contributed by atoms with Gasteiger partial charge in [0, 0.05) is 39.8 Å². The third-order valence-corrected chi connectivity index (χ3v) is 7.22. The van der Waals surface area contributed by atoms with E-state index in [1.165, 1.54) is 21.4 Å². The van der Waals surface area contributed by atoms with Crippen molar-refractivity contribution in [1.29, 1.82) is 0 Å². The van der Waals surface area contributed by atoms with Crippen LogP contribution in [-0.4, -0.2) is 67.0 Å². The molecule has 0 atom stereocenters. The molecule has 0 aliphatic carbocycles. The van der Waals surface area contributed by atoms with E-state index in [0.29, 0.717) is 6.54 Å². The van der Waals surface area contributed by atoms with E-state index in [4.69, 9.17) is 4.98 Å². The molecule has 0 radical (unpaired) electrons. The lowest BCUT2D eigenvalue weighted by atomic mass is 10.1. The molecule has 1 aliphatic heterocycles. The van der Waals surface area contributed by atoms with Crippen molar-refractivity contribution >= 4 is 32.6 Å². The number of fused-ring (bicyclic) bond motifs is 1. The molecule has 0 unspecified atom stereocenters. The number of amides is 1. The van der Waals surface area contributed by atoms with E-state index in [0.717, 1.165) is 49.8 Å². The Morgan fingerprint density at radius 1 is 1.03 bits per heavy atom. The van der Waals surface area contributed by atoms with Crippen molar-refractivity contribution in [2.45, 2.75) is 20.3 Å². The van der Waals surface area contributed by atoms with Gasteiger partial charge in [-0.15, -0.1) is 0 Å². The average Bonchev–Trinajstić information content (AvgIpc) is 3.23. The van der Waals surface area contributed by atoms with Gasteiger partial charge in [-0.2, -0.15) is 0 Å². The fourth-order valence-electron chi connectivity index (χ4n) is 3.93. The van der Waals surface area contributed by atoms with Gasteiger partial charge in [0.05, 0.1) is 16.8 Å². The van der Waals surface area contributed by atoms with E-state index in [1.807, 2.05) is 16.8 Å². The number of hydrogen-bond acceptors (Lipinski definition) is 5. The summed E-state index contributed by atoms with van der Waals surface area (Å²) in [6, 6.07) is 14.9. The standard InChI is InChI=1S/C24H30N4OS/c1-18-9-10-19(2)23-22(18)25-24(30-23)26(3)17-21(29)28-15-13-27(14-16-28)12-11-20-7-5-4-6-8-20/h4-10H,11-17H2,1-3H3. The van der Waals surface area contributed by atoms with Gasteiger partial charge in [0.2, 0.25) is 5.91 Å². The van der Waals surface area contributed by atoms with Gasteiger partial charge >= 0.3 is 0 Å². The summed E-state index contributed by atoms with van der Waals surface area (Å²) in [7, 11) is 1.97. The Hall–Kier alpha value is -2.44. The second-order valence-corrected chi connectivity index (χ2v) is 9.17. The molecule has 1 aliphatic rings. The Morgan fingerprint density at radius 3 is 2.43 bits per heavy atom. The van der Waals surface area contributed by atoms with Crippen LogP contribution in [0.15, 0.2) is 42.5 Å². The summed E-state index contributed by atoms with van der Waals surface area (Å²) in [5.74, 6) is 0.188. The molecule has 2 heterocycles. The second kappa shape index (κ2) is 9.14. The maximum absolute atomic E-state index is 12.9. The molecule has 1 saturated heterocycles. The molecule has 0 spiro atoms. The van der Waals surface area contributed by atoms with Gasteiger partial charge in [0.15, 0.2) is 5.13 Å². The molecule has 6 heteroatoms. The monoisotopic (exact) mass is 422 g/mol. The molecule has 2 aromatic carbocycles. The number of likely N-dealkylation sites (N-methyl/N-ethyl adjacent to an activating group) is 1. The first kappa shape index (κ1) is 20.8. The van der Waals surface area contributed by atoms with Crippen LogP contribution >= 0.6 is 11.3 Å². The maximum Gasteiger partial charge on any atom is 0.242 e. The summed E-state index contributed by atoms with van der Waals surface area (Å²) in [4.78, 5) is 24.1. The van der Waals surface area contributed by atoms with E-state index in [-0.39, 0.29) is 5.91 Å². The number of aryl methyl sites for hydroxylation is 2. The van der Waals surface area contributed by atoms with Gasteiger partial charge in [-0.3, -0.25) is 9.69 Å². The first-order chi connectivity index (χ1) is 14.5. The number of nitrogens with zero attached hydrogens (tertiary/aromatic N) is 4. The lowest BCUT2D eigenvalue weighted by Crippen LogP contribution is -2.51. The summed E-state index contributed by atoms with van der Waals surface area (Å²) in [6.07, 6.45) is 1.06. The molecule has 30 heavy (non-hydrogen) atoms. The van der Waals surface area contributed by atoms with Crippen LogP contribution in [0.2, 0.25) is 0 Å². The van der Waals surface area contributed by atoms with Gasteiger partial charge < -0.3 is 9.80 Å². The fourth-order valence-corrected chi connectivity index (χ4v) is 5.01. The molecule has 3 aromatic rings. The van der Waals surface area contributed by atoms with Crippen molar-refractivity contribution in [3.63, 3.8) is 0 Å². The minimum Gasteiger partial charge on any atom is -0.342 e. The van der Waals surface area contributed by atoms with Crippen LogP contribution in [0.1, 0.15) is 16.7 Å². The zero-order valence-electron chi connectivity index (χ0n) is 18.1. The molecule has 5 nitrogen and oxygen atoms in total. The van der Waals surface area contributed by atoms with Gasteiger partial charge in [-0.25, -0.2) is 4.98 Å². The van der Waals surface area contributed by atoms with Crippen LogP contribution in [-0.2, 0) is 11.2 Å². The molecule has 0 N–H and O–H groups in total. The van der Waals surface area contributed by atoms with E-state index in [9.17, 15) is 4.79 Å². The summed E-state index contributed by atoms with van der Waals surface area (Å²) >= 11 is 1.68. The number of aromatic nitrogens is 1. The van der Waals surface area contributed by atoms with E-state index in [1.54, 1.807) is 11.3 Å². The minimum absolute atomic E-state index is 0.188. The predicted molar refractivity (Wildman–Crippen MR) is 126 cm³/mol. The SMILES string of the molecule is Cc1ccc(C)c2sc(N(C)CC(=O)N3CCN(CCc4ccccc4)CC3)nc12. The van der Waals surface area contributed by atoms with Crippen LogP contribution in [0.5, 0.6) is 0 Å². The van der Waals surface area contributed by atoms with Crippen molar-refractivity contribution in [3.8, 4) is 0 Å². The number of anilines is 1. The summed E-state index contributed by atoms with van der Waals surface area (Å²) in [6.45, 7) is 9.14. The second-order valence-electron chi connectivity index (χ2n) is 8.19. The van der Waals surface area contributed by atoms with E-state index < -0.39 is 0 Å². The number of thiazole rings is 1. The topological polar surface area (TPSA) is 39.7 Å². The molecule has 4 rings (SSSR count). The molecular formula is C24H30N4OS. The lowest BCUT2D eigenvalue weighted by molar-refractivity contribution is -0.131. The largest absolute Gasteiger partial charge is 0.342 e. The Labute approximate surface area is 182 Å². The van der Waals surface area contributed by atoms with E-state index >= 15 is 0 Å². The van der Waals surface area contributed by atoms with Crippen molar-refractivity contribution in [2.24, 2.45) is 0 Å². The maximum atomic E-state index is 12.9. The predicted octanol–water partition coefficient (Wildman–Crippen LogP) is 3.74. The zero-order chi connectivity index (χ0) is 21.1. The highest BCUT2D eigenvalue weighted by atomic mass is 32.1. The smallest absolute Gasteiger partial charge is 0.242 e. The Bertz CT molecular complexity index is 970. The highest BCUT2D eigenvalue weighted by Crippen LogP contribution is 2.32. The third kappa shape index (κ3) is 4.65. The van der Waals surface area contributed by atoms with Crippen LogP contribution in [0.4, 0.5) is 5.13 Å². The third-order valence-electron chi connectivity index (χ3n) is 5.91. The molecule has 1 amide bonds. The number of benzene rings is 2. The van der Waals surface area contributed by atoms with Crippen molar-refractivity contribution in [1.82, 2.24) is 14.8 Å². The molecule has 0 bridgehead atoms. The molecule has 1 fully saturated rings. The summed E-state index contributed by atoms with van der Waals surface area (Å²) in [5.41, 5.74) is 4.86. The minimum atomic E-state index is 0.188. The number of carbonyl (C=O) groups excluding carboxylic acids is 1. The summed E-state index contributed by atoms with van der Waals surface area (Å²) < 4.78 is 1.22. The summed E-state index contributed by atoms with van der Waals surface area (Å²) in [5, 5.41) is 0.914. The van der Waals surface area contributed by atoms with Crippen LogP contribution in [0.25, 0.3) is 10.2 Å². The van der Waals surface area contributed by atoms with Crippen molar-refractivity contribution < 1.29 is 4.79 Å². The fraction of sp³-hybridized carbons (Fsp3) is 0.417. The number of carbonyl (C=O) groups is 1.